The molecule has 26 heteroatoms. The van der Waals surface area contributed by atoms with Gasteiger partial charge in [-0.2, -0.15) is 0 Å². The molecule has 1 aliphatic heterocycles. The van der Waals surface area contributed by atoms with Crippen LogP contribution in [0, 0.1) is 0 Å². The fourth-order valence-electron chi connectivity index (χ4n) is 7.85. The first kappa shape index (κ1) is 61.4. The predicted octanol–water partition coefficient (Wildman–Crippen LogP) is -1.16. The molecule has 1 aliphatic rings. The van der Waals surface area contributed by atoms with Crippen LogP contribution in [0.1, 0.15) is 51.9 Å². The van der Waals surface area contributed by atoms with Gasteiger partial charge >= 0.3 is 0 Å². The highest BCUT2D eigenvalue weighted by atomic mass is 35.5. The number of unbranched alkanes of at least 4 members (excludes halogenated alkanes) is 1. The average Bonchev–Trinajstić information content (AvgIpc) is 3.42. The van der Waals surface area contributed by atoms with Crippen LogP contribution < -0.4 is 60.2 Å². The highest BCUT2D eigenvalue weighted by Crippen LogP contribution is 2.24. The molecule has 5 rings (SSSR count). The van der Waals surface area contributed by atoms with E-state index in [-0.39, 0.29) is 73.6 Å². The summed E-state index contributed by atoms with van der Waals surface area (Å²) in [5.74, 6) is -8.77. The monoisotopic (exact) mass is 1130 g/mol. The largest absolute Gasteiger partial charge is 0.508 e. The maximum atomic E-state index is 14.7. The maximum absolute atomic E-state index is 14.7. The third kappa shape index (κ3) is 19.5. The number of halogens is 1. The lowest BCUT2D eigenvalue weighted by atomic mass is 10.0. The van der Waals surface area contributed by atoms with E-state index in [2.05, 4.69) is 37.2 Å². The molecule has 0 radical (unpaired) electrons. The Hall–Kier alpha value is -7.42. The van der Waals surface area contributed by atoms with Crippen molar-refractivity contribution in [3.05, 3.63) is 130 Å². The number of phenolic OH excluding ortho intramolecular Hbond substituents is 2. The van der Waals surface area contributed by atoms with Crippen molar-refractivity contribution in [2.24, 2.45) is 22.9 Å². The molecule has 0 aromatic heterocycles. The summed E-state index contributed by atoms with van der Waals surface area (Å²) in [5.41, 5.74) is 25.5. The first-order valence-corrected chi connectivity index (χ1v) is 27.5. The SMILES string of the molecule is NCCCC[C@@H]1NC(=O)[C@@H](Cc2ccc(C(N)=O)cc2)NC(=O)[C@H](Cc2ccc(O)cc2)NC(=O)[C@H](NC(=O)[C@@H](N)Cc2ccc(Cl)cc2)CSSC[C@@H](C(=O)NC(Cc2ccc(O)cc2)C(N)=O)NC(=O)[C@H](CO)NC1=O. The van der Waals surface area contributed by atoms with Crippen molar-refractivity contribution in [1.82, 2.24) is 37.2 Å². The average molecular weight is 1130 g/mol. The molecule has 0 spiro atoms. The molecule has 18 N–H and O–H groups in total. The number of aliphatic hydroxyl groups excluding tert-OH is 1. The lowest BCUT2D eigenvalue weighted by Crippen LogP contribution is -2.61. The number of benzene rings is 4. The standard InChI is InChI=1S/C52H64ClN11O12S2/c53-33-14-6-28(7-15-33)21-36(55)46(70)63-42-26-77-78-27-43(51(75)59-38(45(57)69)22-30-8-16-34(66)17-9-30)64-50(74)41(25-65)62-47(71)37(3-1-2-20-54)58-48(72)39(23-29-4-12-32(13-5-29)44(56)68)60-49(73)40(61-52(42)76)24-31-10-18-35(67)19-11-31/h4-19,36-43,65-67H,1-3,20-27,54-55H2,(H2,56,68)(H2,57,69)(H,58,72)(H,59,75)(H,60,73)(H,61,76)(H,62,71)(H,63,70)(H,64,74)/t36-,37-,38?,39+,40-,41-,42+,43-/m0/s1. The molecule has 0 bridgehead atoms. The Balaban J connectivity index is 1.56. The number of nitrogens with one attached hydrogen (secondary N) is 7. The summed E-state index contributed by atoms with van der Waals surface area (Å²) in [4.78, 5) is 125. The third-order valence-corrected chi connectivity index (χ3v) is 15.0. The fourth-order valence-corrected chi connectivity index (χ4v) is 10.3. The zero-order valence-corrected chi connectivity index (χ0v) is 44.5. The van der Waals surface area contributed by atoms with E-state index in [4.69, 9.17) is 34.5 Å². The van der Waals surface area contributed by atoms with Gasteiger partial charge in [0, 0.05) is 41.4 Å². The van der Waals surface area contributed by atoms with Gasteiger partial charge in [-0.1, -0.05) is 81.7 Å². The number of carbonyl (C=O) groups excluding carboxylic acids is 9. The quantitative estimate of drug-likeness (QED) is 0.0389. The van der Waals surface area contributed by atoms with Gasteiger partial charge in [-0.05, 0) is 103 Å². The van der Waals surface area contributed by atoms with E-state index in [1.54, 1.807) is 24.3 Å². The van der Waals surface area contributed by atoms with E-state index < -0.39 is 108 Å². The van der Waals surface area contributed by atoms with E-state index in [1.165, 1.54) is 72.8 Å². The van der Waals surface area contributed by atoms with Crippen LogP contribution in [-0.4, -0.2) is 141 Å². The number of primary amides is 2. The molecule has 4 aromatic rings. The first-order chi connectivity index (χ1) is 37.2. The van der Waals surface area contributed by atoms with Crippen LogP contribution in [0.5, 0.6) is 11.5 Å². The Morgan fingerprint density at radius 1 is 0.615 bits per heavy atom. The first-order valence-electron chi connectivity index (χ1n) is 24.6. The summed E-state index contributed by atoms with van der Waals surface area (Å²) < 4.78 is 0. The van der Waals surface area contributed by atoms with Crippen LogP contribution in [0.3, 0.4) is 0 Å². The van der Waals surface area contributed by atoms with Gasteiger partial charge in [0.05, 0.1) is 12.6 Å². The third-order valence-electron chi connectivity index (χ3n) is 12.3. The predicted molar refractivity (Wildman–Crippen MR) is 293 cm³/mol. The van der Waals surface area contributed by atoms with Gasteiger partial charge in [-0.3, -0.25) is 43.2 Å². The molecule has 1 unspecified atom stereocenters. The van der Waals surface area contributed by atoms with Gasteiger partial charge in [0.2, 0.25) is 53.2 Å². The number of nitrogens with two attached hydrogens (primary N) is 4. The number of phenols is 2. The van der Waals surface area contributed by atoms with Gasteiger partial charge in [0.15, 0.2) is 0 Å². The van der Waals surface area contributed by atoms with Gasteiger partial charge in [-0.15, -0.1) is 0 Å². The molecule has 8 atom stereocenters. The Labute approximate surface area is 462 Å². The molecule has 4 aromatic carbocycles. The lowest BCUT2D eigenvalue weighted by Gasteiger charge is -2.28. The highest BCUT2D eigenvalue weighted by Gasteiger charge is 2.35. The molecule has 1 fully saturated rings. The number of aromatic hydroxyl groups is 2. The number of hydrogen-bond donors (Lipinski definition) is 14. The van der Waals surface area contributed by atoms with E-state index in [0.717, 1.165) is 21.6 Å². The van der Waals surface area contributed by atoms with Crippen molar-refractivity contribution in [2.75, 3.05) is 24.7 Å². The maximum Gasteiger partial charge on any atom is 0.248 e. The zero-order valence-electron chi connectivity index (χ0n) is 42.2. The smallest absolute Gasteiger partial charge is 0.248 e. The van der Waals surface area contributed by atoms with Crippen LogP contribution in [0.25, 0.3) is 0 Å². The molecule has 0 aliphatic carbocycles. The molecule has 78 heavy (non-hydrogen) atoms. The highest BCUT2D eigenvalue weighted by molar-refractivity contribution is 8.76. The van der Waals surface area contributed by atoms with Crippen LogP contribution >= 0.6 is 33.2 Å². The number of amides is 9. The Morgan fingerprint density at radius 2 is 1.09 bits per heavy atom. The van der Waals surface area contributed by atoms with Crippen molar-refractivity contribution in [1.29, 1.82) is 0 Å². The normalized spacial score (nSPS) is 20.7. The number of rotatable bonds is 19. The molecule has 0 saturated carbocycles. The van der Waals surface area contributed by atoms with Gasteiger partial charge in [0.25, 0.3) is 0 Å². The van der Waals surface area contributed by atoms with Crippen molar-refractivity contribution in [3.63, 3.8) is 0 Å². The second-order valence-corrected chi connectivity index (χ2v) is 21.3. The topological polar surface area (TPSA) is 403 Å². The van der Waals surface area contributed by atoms with E-state index in [0.29, 0.717) is 33.7 Å². The van der Waals surface area contributed by atoms with Crippen LogP contribution in [0.4, 0.5) is 0 Å². The molecule has 23 nitrogen and oxygen atoms in total. The minimum Gasteiger partial charge on any atom is -0.508 e. The minimum absolute atomic E-state index is 0.0263. The summed E-state index contributed by atoms with van der Waals surface area (Å²) in [6.07, 6.45) is 0.0641. The number of hydrogen-bond acceptors (Lipinski definition) is 16. The molecule has 418 valence electrons. The lowest BCUT2D eigenvalue weighted by molar-refractivity contribution is -0.136. The van der Waals surface area contributed by atoms with Gasteiger partial charge in [0.1, 0.15) is 53.8 Å². The van der Waals surface area contributed by atoms with E-state index in [1.807, 2.05) is 0 Å². The van der Waals surface area contributed by atoms with Crippen LogP contribution in [0.2, 0.25) is 5.02 Å². The van der Waals surface area contributed by atoms with Gasteiger partial charge < -0.3 is 75.5 Å². The molecular formula is C52H64ClN11O12S2. The zero-order chi connectivity index (χ0) is 56.9. The molecular weight excluding hydrogens is 1070 g/mol. The number of aliphatic hydroxyl groups is 1. The number of carbonyl (C=O) groups is 9. The van der Waals surface area contributed by atoms with Crippen molar-refractivity contribution in [3.8, 4) is 11.5 Å². The van der Waals surface area contributed by atoms with Crippen molar-refractivity contribution in [2.45, 2.75) is 93.3 Å². The minimum atomic E-state index is -1.73. The fraction of sp³-hybridized carbons (Fsp3) is 0.365. The summed E-state index contributed by atoms with van der Waals surface area (Å²) in [5, 5.41) is 49.0. The van der Waals surface area contributed by atoms with Gasteiger partial charge in [-0.25, -0.2) is 0 Å². The Kier molecular flexibility index (Phi) is 24.0. The Bertz CT molecular complexity index is 2730. The summed E-state index contributed by atoms with van der Waals surface area (Å²) >= 11 is 6.06. The van der Waals surface area contributed by atoms with E-state index >= 15 is 0 Å². The second-order valence-electron chi connectivity index (χ2n) is 18.3. The van der Waals surface area contributed by atoms with Crippen LogP contribution in [0.15, 0.2) is 97.1 Å². The summed E-state index contributed by atoms with van der Waals surface area (Å²) in [6, 6.07) is 12.2. The van der Waals surface area contributed by atoms with Crippen molar-refractivity contribution < 1.29 is 58.5 Å². The van der Waals surface area contributed by atoms with E-state index in [9.17, 15) is 58.5 Å². The summed E-state index contributed by atoms with van der Waals surface area (Å²) in [6.45, 7) is -0.787. The molecule has 1 saturated heterocycles. The second kappa shape index (κ2) is 30.5. The van der Waals surface area contributed by atoms with Crippen molar-refractivity contribution >= 4 is 86.4 Å². The Morgan fingerprint density at radius 3 is 1.64 bits per heavy atom. The summed E-state index contributed by atoms with van der Waals surface area (Å²) in [7, 11) is 1.90. The van der Waals surface area contributed by atoms with Crippen LogP contribution in [-0.2, 0) is 64.0 Å². The molecule has 9 amide bonds. The molecule has 1 heterocycles.